The van der Waals surface area contributed by atoms with Gasteiger partial charge in [0.15, 0.2) is 0 Å². The number of alkyl halides is 1. The Kier molecular flexibility index (Phi) is 4.34. The van der Waals surface area contributed by atoms with E-state index in [-0.39, 0.29) is 11.5 Å². The van der Waals surface area contributed by atoms with Crippen LogP contribution in [0.4, 0.5) is 10.1 Å². The third-order valence-corrected chi connectivity index (χ3v) is 3.36. The Morgan fingerprint density at radius 2 is 1.95 bits per heavy atom. The van der Waals surface area contributed by atoms with E-state index in [2.05, 4.69) is 15.9 Å². The van der Waals surface area contributed by atoms with Gasteiger partial charge in [0.1, 0.15) is 17.3 Å². The molecule has 20 heavy (non-hydrogen) atoms. The van der Waals surface area contributed by atoms with Crippen LogP contribution in [0.5, 0.6) is 11.5 Å². The number of aryl methyl sites for hydroxylation is 1. The van der Waals surface area contributed by atoms with Gasteiger partial charge in [-0.15, -0.1) is 0 Å². The van der Waals surface area contributed by atoms with Crippen molar-refractivity contribution in [2.45, 2.75) is 12.3 Å². The van der Waals surface area contributed by atoms with Gasteiger partial charge in [-0.05, 0) is 36.8 Å². The first-order valence-corrected chi connectivity index (χ1v) is 6.90. The molecule has 0 aliphatic heterocycles. The summed E-state index contributed by atoms with van der Waals surface area (Å²) in [4.78, 5) is 10.3. The lowest BCUT2D eigenvalue weighted by atomic mass is 10.2. The summed E-state index contributed by atoms with van der Waals surface area (Å²) in [5.41, 5.74) is 1.31. The van der Waals surface area contributed by atoms with Crippen LogP contribution < -0.4 is 4.74 Å². The normalized spacial score (nSPS) is 10.3. The topological polar surface area (TPSA) is 52.4 Å². The van der Waals surface area contributed by atoms with Gasteiger partial charge in [-0.3, -0.25) is 10.1 Å². The van der Waals surface area contributed by atoms with Crippen molar-refractivity contribution in [1.29, 1.82) is 0 Å². The van der Waals surface area contributed by atoms with Gasteiger partial charge in [-0.1, -0.05) is 15.9 Å². The smallest absolute Gasteiger partial charge is 0.270 e. The molecule has 0 saturated heterocycles. The summed E-state index contributed by atoms with van der Waals surface area (Å²) in [6, 6.07) is 8.57. The largest absolute Gasteiger partial charge is 0.457 e. The third kappa shape index (κ3) is 3.14. The fraction of sp³-hybridized carbons (Fsp3) is 0.143. The maximum Gasteiger partial charge on any atom is 0.270 e. The number of hydrogen-bond donors (Lipinski definition) is 0. The molecule has 0 bridgehead atoms. The first-order valence-electron chi connectivity index (χ1n) is 5.78. The van der Waals surface area contributed by atoms with Crippen LogP contribution in [0.25, 0.3) is 0 Å². The van der Waals surface area contributed by atoms with E-state index >= 15 is 0 Å². The molecule has 0 radical (unpaired) electrons. The number of rotatable bonds is 4. The first-order chi connectivity index (χ1) is 9.51. The minimum atomic E-state index is -0.459. The molecule has 0 aliphatic rings. The van der Waals surface area contributed by atoms with E-state index in [0.29, 0.717) is 28.0 Å². The molecule has 0 unspecified atom stereocenters. The van der Waals surface area contributed by atoms with Crippen LogP contribution in [-0.4, -0.2) is 4.92 Å². The molecule has 0 aromatic heterocycles. The standard InChI is InChI=1S/C14H11BrFNO3/c1-9-6-11(16)2-4-13(9)20-14-5-3-12(17(18)19)7-10(14)8-15/h2-7H,8H2,1H3. The van der Waals surface area contributed by atoms with Gasteiger partial charge < -0.3 is 4.74 Å². The number of nitro groups is 1. The Labute approximate surface area is 123 Å². The second-order valence-electron chi connectivity index (χ2n) is 4.19. The Hall–Kier alpha value is -1.95. The summed E-state index contributed by atoms with van der Waals surface area (Å²) < 4.78 is 18.7. The average Bonchev–Trinajstić information content (AvgIpc) is 2.42. The first kappa shape index (κ1) is 14.5. The average molecular weight is 340 g/mol. The summed E-state index contributed by atoms with van der Waals surface area (Å²) in [6.45, 7) is 1.73. The number of nitro benzene ring substituents is 1. The van der Waals surface area contributed by atoms with E-state index in [0.717, 1.165) is 0 Å². The van der Waals surface area contributed by atoms with Crippen LogP contribution in [0.15, 0.2) is 36.4 Å². The van der Waals surface area contributed by atoms with Gasteiger partial charge in [-0.25, -0.2) is 4.39 Å². The molecule has 6 heteroatoms. The van der Waals surface area contributed by atoms with Crippen molar-refractivity contribution in [3.05, 3.63) is 63.5 Å². The van der Waals surface area contributed by atoms with Gasteiger partial charge in [0, 0.05) is 23.0 Å². The molecule has 0 spiro atoms. The van der Waals surface area contributed by atoms with Gasteiger partial charge in [0.25, 0.3) is 5.69 Å². The minimum absolute atomic E-state index is 0.00243. The molecule has 0 atom stereocenters. The highest BCUT2D eigenvalue weighted by molar-refractivity contribution is 9.08. The number of ether oxygens (including phenoxy) is 1. The van der Waals surface area contributed by atoms with Crippen molar-refractivity contribution in [1.82, 2.24) is 0 Å². The molecule has 0 N–H and O–H groups in total. The second kappa shape index (κ2) is 6.00. The molecule has 0 aliphatic carbocycles. The van der Waals surface area contributed by atoms with Crippen molar-refractivity contribution >= 4 is 21.6 Å². The summed E-state index contributed by atoms with van der Waals surface area (Å²) in [7, 11) is 0. The Bertz CT molecular complexity index is 661. The third-order valence-electron chi connectivity index (χ3n) is 2.76. The molecule has 0 fully saturated rings. The maximum atomic E-state index is 13.0. The molecule has 0 amide bonds. The monoisotopic (exact) mass is 339 g/mol. The lowest BCUT2D eigenvalue weighted by molar-refractivity contribution is -0.384. The number of hydrogen-bond acceptors (Lipinski definition) is 3. The van der Waals surface area contributed by atoms with Crippen molar-refractivity contribution in [2.24, 2.45) is 0 Å². The molecule has 2 aromatic rings. The zero-order chi connectivity index (χ0) is 14.7. The molecule has 2 rings (SSSR count). The molecule has 0 heterocycles. The molecular weight excluding hydrogens is 329 g/mol. The van der Waals surface area contributed by atoms with Crippen LogP contribution in [0.2, 0.25) is 0 Å². The van der Waals surface area contributed by atoms with E-state index in [1.165, 1.54) is 36.4 Å². The predicted molar refractivity (Wildman–Crippen MR) is 76.9 cm³/mol. The summed E-state index contributed by atoms with van der Waals surface area (Å²) in [5, 5.41) is 11.2. The molecule has 2 aromatic carbocycles. The van der Waals surface area contributed by atoms with Crippen LogP contribution in [-0.2, 0) is 5.33 Å². The van der Waals surface area contributed by atoms with Gasteiger partial charge >= 0.3 is 0 Å². The van der Waals surface area contributed by atoms with Crippen LogP contribution in [0.1, 0.15) is 11.1 Å². The lowest BCUT2D eigenvalue weighted by Crippen LogP contribution is -1.95. The second-order valence-corrected chi connectivity index (χ2v) is 4.76. The van der Waals surface area contributed by atoms with E-state index < -0.39 is 4.92 Å². The Morgan fingerprint density at radius 1 is 1.25 bits per heavy atom. The highest BCUT2D eigenvalue weighted by Crippen LogP contribution is 2.31. The minimum Gasteiger partial charge on any atom is -0.457 e. The molecule has 4 nitrogen and oxygen atoms in total. The lowest BCUT2D eigenvalue weighted by Gasteiger charge is -2.11. The van der Waals surface area contributed by atoms with Gasteiger partial charge in [-0.2, -0.15) is 0 Å². The van der Waals surface area contributed by atoms with Crippen molar-refractivity contribution in [3.8, 4) is 11.5 Å². The fourth-order valence-corrected chi connectivity index (χ4v) is 2.17. The zero-order valence-corrected chi connectivity index (χ0v) is 12.2. The molecule has 104 valence electrons. The number of halogens is 2. The highest BCUT2D eigenvalue weighted by atomic mass is 79.9. The number of non-ortho nitro benzene ring substituents is 1. The van der Waals surface area contributed by atoms with Crippen LogP contribution in [0.3, 0.4) is 0 Å². The quantitative estimate of drug-likeness (QED) is 0.459. The Morgan fingerprint density at radius 3 is 2.55 bits per heavy atom. The summed E-state index contributed by atoms with van der Waals surface area (Å²) in [6.07, 6.45) is 0. The van der Waals surface area contributed by atoms with Crippen LogP contribution in [0, 0.1) is 22.9 Å². The fourth-order valence-electron chi connectivity index (χ4n) is 1.73. The molecule has 0 saturated carbocycles. The number of nitrogens with zero attached hydrogens (tertiary/aromatic N) is 1. The number of benzene rings is 2. The van der Waals surface area contributed by atoms with E-state index in [1.807, 2.05) is 0 Å². The predicted octanol–water partition coefficient (Wildman–Crippen LogP) is 4.73. The zero-order valence-electron chi connectivity index (χ0n) is 10.6. The molecular formula is C14H11BrFNO3. The summed E-state index contributed by atoms with van der Waals surface area (Å²) >= 11 is 3.27. The maximum absolute atomic E-state index is 13.0. The van der Waals surface area contributed by atoms with E-state index in [1.54, 1.807) is 6.92 Å². The Balaban J connectivity index is 2.35. The summed E-state index contributed by atoms with van der Waals surface area (Å²) in [5.74, 6) is 0.684. The van der Waals surface area contributed by atoms with Crippen molar-refractivity contribution < 1.29 is 14.1 Å². The van der Waals surface area contributed by atoms with Gasteiger partial charge in [0.2, 0.25) is 0 Å². The SMILES string of the molecule is Cc1cc(F)ccc1Oc1ccc([N+](=O)[O-])cc1CBr. The van der Waals surface area contributed by atoms with E-state index in [9.17, 15) is 14.5 Å². The van der Waals surface area contributed by atoms with Crippen molar-refractivity contribution in [3.63, 3.8) is 0 Å². The van der Waals surface area contributed by atoms with Gasteiger partial charge in [0.05, 0.1) is 4.92 Å². The van der Waals surface area contributed by atoms with Crippen LogP contribution >= 0.6 is 15.9 Å². The van der Waals surface area contributed by atoms with Crippen molar-refractivity contribution in [2.75, 3.05) is 0 Å². The highest BCUT2D eigenvalue weighted by Gasteiger charge is 2.12. The van der Waals surface area contributed by atoms with E-state index in [4.69, 9.17) is 4.74 Å².